The summed E-state index contributed by atoms with van der Waals surface area (Å²) >= 11 is 0. The van der Waals surface area contributed by atoms with E-state index < -0.39 is 21.9 Å². The van der Waals surface area contributed by atoms with Crippen molar-refractivity contribution in [2.75, 3.05) is 139 Å². The lowest BCUT2D eigenvalue weighted by atomic mass is 10.2. The van der Waals surface area contributed by atoms with Crippen molar-refractivity contribution in [1.29, 1.82) is 0 Å². The highest BCUT2D eigenvalue weighted by Gasteiger charge is 2.16. The molecule has 1 unspecified atom stereocenters. The fraction of sp³-hybridized carbons (Fsp3) is 0.862. The van der Waals surface area contributed by atoms with Crippen molar-refractivity contribution in [3.8, 4) is 0 Å². The molecule has 3 amide bonds. The molecular formula is C29H58N5O14S+. The van der Waals surface area contributed by atoms with E-state index in [1.807, 2.05) is 14.1 Å². The number of nitrogens with one attached hydrogen (secondary N) is 3. The molecule has 20 heteroatoms. The van der Waals surface area contributed by atoms with Gasteiger partial charge < -0.3 is 59.3 Å². The van der Waals surface area contributed by atoms with Gasteiger partial charge in [-0.2, -0.15) is 8.42 Å². The first kappa shape index (κ1) is 46.5. The molecule has 0 saturated carbocycles. The van der Waals surface area contributed by atoms with Gasteiger partial charge in [-0.3, -0.25) is 23.7 Å². The maximum Gasteiger partial charge on any atom is 0.307 e. The molecule has 0 aromatic rings. The minimum absolute atomic E-state index is 0.0206. The van der Waals surface area contributed by atoms with E-state index in [9.17, 15) is 27.6 Å². The molecule has 0 aromatic heterocycles. The number of esters is 1. The Balaban J connectivity index is 3.55. The van der Waals surface area contributed by atoms with Crippen LogP contribution < -0.4 is 21.7 Å². The van der Waals surface area contributed by atoms with Crippen molar-refractivity contribution in [2.45, 2.75) is 25.3 Å². The van der Waals surface area contributed by atoms with E-state index >= 15 is 0 Å². The van der Waals surface area contributed by atoms with Crippen LogP contribution in [-0.2, 0) is 62.5 Å². The third kappa shape index (κ3) is 33.7. The van der Waals surface area contributed by atoms with Crippen LogP contribution in [0.5, 0.6) is 0 Å². The topological polar surface area (TPSA) is 249 Å². The Bertz CT molecular complexity index is 1020. The fourth-order valence-electron chi connectivity index (χ4n) is 3.66. The summed E-state index contributed by atoms with van der Waals surface area (Å²) in [4.78, 5) is 46.5. The number of carbonyl (C=O) groups is 4. The zero-order chi connectivity index (χ0) is 36.8. The van der Waals surface area contributed by atoms with Gasteiger partial charge in [-0.05, 0) is 6.42 Å². The summed E-state index contributed by atoms with van der Waals surface area (Å²) < 4.78 is 67.5. The third-order valence-corrected chi connectivity index (χ3v) is 7.29. The third-order valence-electron chi connectivity index (χ3n) is 6.44. The average Bonchev–Trinajstić information content (AvgIpc) is 3.02. The Labute approximate surface area is 289 Å². The lowest BCUT2D eigenvalue weighted by Crippen LogP contribution is -2.47. The van der Waals surface area contributed by atoms with Crippen LogP contribution in [0.4, 0.5) is 0 Å². The molecule has 0 fully saturated rings. The molecule has 0 radical (unpaired) electrons. The van der Waals surface area contributed by atoms with E-state index in [0.717, 1.165) is 6.54 Å². The number of amides is 3. The van der Waals surface area contributed by atoms with E-state index in [2.05, 4.69) is 20.7 Å². The van der Waals surface area contributed by atoms with Crippen LogP contribution in [0.2, 0.25) is 0 Å². The van der Waals surface area contributed by atoms with Crippen LogP contribution in [0.3, 0.4) is 0 Å². The normalized spacial score (nSPS) is 12.3. The van der Waals surface area contributed by atoms with Crippen molar-refractivity contribution >= 4 is 33.8 Å². The molecule has 0 saturated heterocycles. The molecule has 0 spiro atoms. The summed E-state index contributed by atoms with van der Waals surface area (Å²) in [5.74, 6) is -1.77. The summed E-state index contributed by atoms with van der Waals surface area (Å²) in [6.07, 6.45) is 0.352. The van der Waals surface area contributed by atoms with Crippen LogP contribution in [0.1, 0.15) is 19.3 Å². The zero-order valence-corrected chi connectivity index (χ0v) is 29.9. The second kappa shape index (κ2) is 29.2. The first-order valence-electron chi connectivity index (χ1n) is 16.1. The van der Waals surface area contributed by atoms with Crippen molar-refractivity contribution in [3.05, 3.63) is 0 Å². The Kier molecular flexibility index (Phi) is 27.7. The van der Waals surface area contributed by atoms with Crippen molar-refractivity contribution in [2.24, 2.45) is 5.73 Å². The highest BCUT2D eigenvalue weighted by Crippen LogP contribution is 1.98. The molecule has 0 aliphatic rings. The van der Waals surface area contributed by atoms with Crippen molar-refractivity contribution in [1.82, 2.24) is 16.0 Å². The minimum atomic E-state index is -4.17. The van der Waals surface area contributed by atoms with Gasteiger partial charge in [-0.1, -0.05) is 0 Å². The number of carbonyl (C=O) groups excluding carboxylic acids is 4. The van der Waals surface area contributed by atoms with Gasteiger partial charge in [0.05, 0.1) is 113 Å². The quantitative estimate of drug-likeness (QED) is 0.0196. The number of likely N-dealkylation sites (N-methyl/N-ethyl adjacent to an activating group) is 1. The maximum absolute atomic E-state index is 12.0. The van der Waals surface area contributed by atoms with E-state index in [1.54, 1.807) is 0 Å². The molecule has 49 heavy (non-hydrogen) atoms. The second-order valence-electron chi connectivity index (χ2n) is 11.4. The SMILES string of the molecule is COC(=O)CCOCCOCC[N+](C)(C)CCNC(=O)COCCOCCNC(=O)COCCOCCNC(=O)CCC(N)CS(=O)(=O)O. The van der Waals surface area contributed by atoms with Crippen LogP contribution in [0.25, 0.3) is 0 Å². The van der Waals surface area contributed by atoms with Gasteiger partial charge in [0.25, 0.3) is 10.1 Å². The zero-order valence-electron chi connectivity index (χ0n) is 29.1. The monoisotopic (exact) mass is 732 g/mol. The molecule has 6 N–H and O–H groups in total. The highest BCUT2D eigenvalue weighted by molar-refractivity contribution is 7.85. The number of nitrogens with zero attached hydrogens (tertiary/aromatic N) is 1. The molecule has 0 heterocycles. The number of nitrogens with two attached hydrogens (primary N) is 1. The lowest BCUT2D eigenvalue weighted by molar-refractivity contribution is -0.889. The molecular weight excluding hydrogens is 674 g/mol. The van der Waals surface area contributed by atoms with Crippen LogP contribution in [0, 0.1) is 0 Å². The van der Waals surface area contributed by atoms with Crippen molar-refractivity contribution < 1.29 is 69.8 Å². The summed E-state index contributed by atoms with van der Waals surface area (Å²) in [6, 6.07) is -0.829. The van der Waals surface area contributed by atoms with Crippen LogP contribution in [0.15, 0.2) is 0 Å². The van der Waals surface area contributed by atoms with Gasteiger partial charge >= 0.3 is 5.97 Å². The van der Waals surface area contributed by atoms with E-state index in [4.69, 9.17) is 38.7 Å². The Hall–Kier alpha value is -2.53. The largest absolute Gasteiger partial charge is 0.469 e. The fourth-order valence-corrected chi connectivity index (χ4v) is 4.36. The first-order valence-corrected chi connectivity index (χ1v) is 17.7. The van der Waals surface area contributed by atoms with Gasteiger partial charge in [0.1, 0.15) is 19.8 Å². The van der Waals surface area contributed by atoms with Gasteiger partial charge in [0, 0.05) is 25.6 Å². The Morgan fingerprint density at radius 3 is 1.65 bits per heavy atom. The molecule has 0 aromatic carbocycles. The smallest absolute Gasteiger partial charge is 0.307 e. The maximum atomic E-state index is 12.0. The van der Waals surface area contributed by atoms with Gasteiger partial charge in [0.15, 0.2) is 0 Å². The summed E-state index contributed by atoms with van der Waals surface area (Å²) in [6.45, 7) is 5.29. The number of hydrogen-bond acceptors (Lipinski definition) is 14. The molecule has 0 aliphatic heterocycles. The molecule has 1 atom stereocenters. The molecule has 0 aliphatic carbocycles. The Morgan fingerprint density at radius 2 is 1.12 bits per heavy atom. The standard InChI is InChI=1S/C29H57N5O14S/c1-34(2,11-15-46-17-16-43-12-6-29(38)42-3)10-7-31-27(36)22-47-20-19-45-14-9-33-28(37)23-48-21-18-44-13-8-32-26(35)5-4-25(30)24-49(39,40)41/h25H,4-24,30H2,1-3H3,(H3-,31,32,33,35,36,37,39,40,41)/p+1. The molecule has 0 rings (SSSR count). The minimum Gasteiger partial charge on any atom is -0.469 e. The molecule has 19 nitrogen and oxygen atoms in total. The van der Waals surface area contributed by atoms with E-state index in [-0.39, 0.29) is 109 Å². The van der Waals surface area contributed by atoms with Gasteiger partial charge in [-0.25, -0.2) is 0 Å². The van der Waals surface area contributed by atoms with Crippen LogP contribution >= 0.6 is 0 Å². The lowest BCUT2D eigenvalue weighted by Gasteiger charge is -2.29. The first-order chi connectivity index (χ1) is 23.2. The highest BCUT2D eigenvalue weighted by atomic mass is 32.2. The number of rotatable bonds is 33. The number of hydrogen-bond donors (Lipinski definition) is 5. The van der Waals surface area contributed by atoms with E-state index in [1.165, 1.54) is 7.11 Å². The number of ether oxygens (including phenoxy) is 7. The van der Waals surface area contributed by atoms with Crippen LogP contribution in [-0.4, -0.2) is 186 Å². The average molecular weight is 733 g/mol. The molecule has 288 valence electrons. The van der Waals surface area contributed by atoms with E-state index in [0.29, 0.717) is 44.0 Å². The summed E-state index contributed by atoms with van der Waals surface area (Å²) in [5, 5.41) is 8.07. The predicted molar refractivity (Wildman–Crippen MR) is 176 cm³/mol. The number of methoxy groups -OCH3 is 1. The van der Waals surface area contributed by atoms with Gasteiger partial charge in [-0.15, -0.1) is 0 Å². The second-order valence-corrected chi connectivity index (χ2v) is 12.9. The van der Waals surface area contributed by atoms with Gasteiger partial charge in [0.2, 0.25) is 17.7 Å². The van der Waals surface area contributed by atoms with Crippen molar-refractivity contribution in [3.63, 3.8) is 0 Å². The summed E-state index contributed by atoms with van der Waals surface area (Å²) in [5.41, 5.74) is 5.54. The Morgan fingerprint density at radius 1 is 0.653 bits per heavy atom. The predicted octanol–water partition coefficient (Wildman–Crippen LogP) is -2.93. The summed E-state index contributed by atoms with van der Waals surface area (Å²) in [7, 11) is 1.25. The molecule has 0 bridgehead atoms. The number of quaternary nitrogens is 1.